The summed E-state index contributed by atoms with van der Waals surface area (Å²) in [6.45, 7) is 3.00. The number of imidazole rings is 1. The van der Waals surface area contributed by atoms with Crippen LogP contribution in [-0.4, -0.2) is 45.4 Å². The van der Waals surface area contributed by atoms with E-state index in [0.29, 0.717) is 6.54 Å². The lowest BCUT2D eigenvalue weighted by Gasteiger charge is -2.13. The average molecular weight is 279 g/mol. The summed E-state index contributed by atoms with van der Waals surface area (Å²) in [5, 5.41) is 4.81. The number of aromatic nitrogens is 2. The van der Waals surface area contributed by atoms with Gasteiger partial charge in [0.15, 0.2) is 0 Å². The summed E-state index contributed by atoms with van der Waals surface area (Å²) in [4.78, 5) is 39.3. The molecule has 1 fully saturated rings. The SMILES string of the molecule is CCCn1ccnc1CNC(=O)CN1CC(=O)NC1=O. The molecule has 1 aliphatic heterocycles. The van der Waals surface area contributed by atoms with E-state index in [1.54, 1.807) is 6.20 Å². The van der Waals surface area contributed by atoms with E-state index in [2.05, 4.69) is 22.5 Å². The van der Waals surface area contributed by atoms with Gasteiger partial charge < -0.3 is 14.8 Å². The van der Waals surface area contributed by atoms with Crippen LogP contribution in [0.15, 0.2) is 12.4 Å². The van der Waals surface area contributed by atoms with E-state index in [-0.39, 0.29) is 24.9 Å². The molecule has 2 heterocycles. The summed E-state index contributed by atoms with van der Waals surface area (Å²) in [6, 6.07) is -0.530. The van der Waals surface area contributed by atoms with Gasteiger partial charge in [-0.25, -0.2) is 9.78 Å². The Balaban J connectivity index is 1.82. The second kappa shape index (κ2) is 6.18. The van der Waals surface area contributed by atoms with Gasteiger partial charge in [-0.15, -0.1) is 0 Å². The first kappa shape index (κ1) is 14.0. The molecule has 8 nitrogen and oxygen atoms in total. The van der Waals surface area contributed by atoms with Gasteiger partial charge in [-0.3, -0.25) is 14.9 Å². The minimum absolute atomic E-state index is 0.0727. The van der Waals surface area contributed by atoms with E-state index >= 15 is 0 Å². The van der Waals surface area contributed by atoms with Crippen molar-refractivity contribution in [2.24, 2.45) is 0 Å². The zero-order valence-corrected chi connectivity index (χ0v) is 11.3. The zero-order chi connectivity index (χ0) is 14.5. The van der Waals surface area contributed by atoms with E-state index in [4.69, 9.17) is 0 Å². The van der Waals surface area contributed by atoms with Gasteiger partial charge in [-0.05, 0) is 6.42 Å². The van der Waals surface area contributed by atoms with E-state index in [9.17, 15) is 14.4 Å². The van der Waals surface area contributed by atoms with Crippen molar-refractivity contribution in [2.75, 3.05) is 13.1 Å². The summed E-state index contributed by atoms with van der Waals surface area (Å²) in [5.41, 5.74) is 0. The molecule has 0 atom stereocenters. The molecule has 2 N–H and O–H groups in total. The number of carbonyl (C=O) groups is 3. The molecule has 0 radical (unpaired) electrons. The maximum absolute atomic E-state index is 11.7. The minimum Gasteiger partial charge on any atom is -0.347 e. The van der Waals surface area contributed by atoms with Crippen molar-refractivity contribution in [3.8, 4) is 0 Å². The molecule has 1 aromatic heterocycles. The Kier molecular flexibility index (Phi) is 4.34. The number of hydrogen-bond donors (Lipinski definition) is 2. The van der Waals surface area contributed by atoms with Crippen LogP contribution < -0.4 is 10.6 Å². The van der Waals surface area contributed by atoms with Crippen molar-refractivity contribution in [2.45, 2.75) is 26.4 Å². The first-order valence-electron chi connectivity index (χ1n) is 6.45. The van der Waals surface area contributed by atoms with Crippen LogP contribution in [0.3, 0.4) is 0 Å². The number of aryl methyl sites for hydroxylation is 1. The first-order valence-corrected chi connectivity index (χ1v) is 6.45. The van der Waals surface area contributed by atoms with Crippen LogP contribution in [0.25, 0.3) is 0 Å². The van der Waals surface area contributed by atoms with Crippen LogP contribution in [-0.2, 0) is 22.7 Å². The molecular weight excluding hydrogens is 262 g/mol. The lowest BCUT2D eigenvalue weighted by molar-refractivity contribution is -0.122. The molecule has 0 saturated carbocycles. The molecule has 4 amide bonds. The number of nitrogens with zero attached hydrogens (tertiary/aromatic N) is 3. The topological polar surface area (TPSA) is 96.3 Å². The van der Waals surface area contributed by atoms with Crippen LogP contribution in [0.1, 0.15) is 19.2 Å². The summed E-state index contributed by atoms with van der Waals surface area (Å²) >= 11 is 0. The van der Waals surface area contributed by atoms with E-state index in [0.717, 1.165) is 23.7 Å². The van der Waals surface area contributed by atoms with Gasteiger partial charge in [-0.1, -0.05) is 6.92 Å². The highest BCUT2D eigenvalue weighted by molar-refractivity contribution is 6.03. The molecule has 20 heavy (non-hydrogen) atoms. The van der Waals surface area contributed by atoms with Crippen molar-refractivity contribution < 1.29 is 14.4 Å². The molecule has 0 spiro atoms. The second-order valence-electron chi connectivity index (χ2n) is 4.52. The third-order valence-corrected chi connectivity index (χ3v) is 2.91. The largest absolute Gasteiger partial charge is 0.347 e. The fourth-order valence-corrected chi connectivity index (χ4v) is 1.97. The van der Waals surface area contributed by atoms with Crippen molar-refractivity contribution >= 4 is 17.8 Å². The Morgan fingerprint density at radius 3 is 2.95 bits per heavy atom. The molecule has 8 heteroatoms. The number of amides is 4. The molecule has 2 rings (SSSR count). The standard InChI is InChI=1S/C12H17N5O3/c1-2-4-16-5-3-13-9(16)6-14-10(18)7-17-8-11(19)15-12(17)20/h3,5H,2,4,6-8H2,1H3,(H,14,18)(H,15,19,20). The highest BCUT2D eigenvalue weighted by Crippen LogP contribution is 2.00. The molecule has 0 aromatic carbocycles. The minimum atomic E-state index is -0.530. The van der Waals surface area contributed by atoms with E-state index in [1.807, 2.05) is 10.8 Å². The third-order valence-electron chi connectivity index (χ3n) is 2.91. The predicted molar refractivity (Wildman–Crippen MR) is 69.5 cm³/mol. The quantitative estimate of drug-likeness (QED) is 0.684. The predicted octanol–water partition coefficient (Wildman–Crippen LogP) is -0.539. The molecule has 1 aromatic rings. The Morgan fingerprint density at radius 2 is 2.30 bits per heavy atom. The highest BCUT2D eigenvalue weighted by Gasteiger charge is 2.28. The van der Waals surface area contributed by atoms with Gasteiger partial charge in [0, 0.05) is 18.9 Å². The zero-order valence-electron chi connectivity index (χ0n) is 11.3. The number of carbonyl (C=O) groups excluding carboxylic acids is 3. The van der Waals surface area contributed by atoms with Crippen LogP contribution in [0.2, 0.25) is 0 Å². The Hall–Kier alpha value is -2.38. The lowest BCUT2D eigenvalue weighted by Crippen LogP contribution is -2.39. The van der Waals surface area contributed by atoms with Gasteiger partial charge in [0.2, 0.25) is 11.8 Å². The Bertz CT molecular complexity index is 525. The van der Waals surface area contributed by atoms with Crippen LogP contribution in [0.5, 0.6) is 0 Å². The van der Waals surface area contributed by atoms with Crippen molar-refractivity contribution in [1.82, 2.24) is 25.1 Å². The average Bonchev–Trinajstić information content (AvgIpc) is 2.95. The maximum Gasteiger partial charge on any atom is 0.325 e. The second-order valence-corrected chi connectivity index (χ2v) is 4.52. The lowest BCUT2D eigenvalue weighted by atomic mass is 10.4. The van der Waals surface area contributed by atoms with E-state index < -0.39 is 6.03 Å². The fourth-order valence-electron chi connectivity index (χ4n) is 1.97. The number of rotatable bonds is 6. The molecular formula is C12H17N5O3. The first-order chi connectivity index (χ1) is 9.60. The van der Waals surface area contributed by atoms with Gasteiger partial charge in [0.05, 0.1) is 6.54 Å². The van der Waals surface area contributed by atoms with Gasteiger partial charge in [0.25, 0.3) is 0 Å². The van der Waals surface area contributed by atoms with Crippen molar-refractivity contribution in [3.05, 3.63) is 18.2 Å². The monoisotopic (exact) mass is 279 g/mol. The Morgan fingerprint density at radius 1 is 1.50 bits per heavy atom. The third kappa shape index (κ3) is 3.34. The fraction of sp³-hybridized carbons (Fsp3) is 0.500. The normalized spacial score (nSPS) is 14.6. The molecule has 1 saturated heterocycles. The summed E-state index contributed by atoms with van der Waals surface area (Å²) in [7, 11) is 0. The van der Waals surface area contributed by atoms with Crippen molar-refractivity contribution in [3.63, 3.8) is 0 Å². The van der Waals surface area contributed by atoms with E-state index in [1.165, 1.54) is 0 Å². The highest BCUT2D eigenvalue weighted by atomic mass is 16.2. The van der Waals surface area contributed by atoms with Gasteiger partial charge in [0.1, 0.15) is 18.9 Å². The molecule has 0 aliphatic carbocycles. The summed E-state index contributed by atoms with van der Waals surface area (Å²) in [5.74, 6) is 0.0596. The molecule has 0 unspecified atom stereocenters. The maximum atomic E-state index is 11.7. The number of hydrogen-bond acceptors (Lipinski definition) is 4. The smallest absolute Gasteiger partial charge is 0.325 e. The van der Waals surface area contributed by atoms with Gasteiger partial charge in [-0.2, -0.15) is 0 Å². The van der Waals surface area contributed by atoms with Crippen molar-refractivity contribution in [1.29, 1.82) is 0 Å². The number of nitrogens with one attached hydrogen (secondary N) is 2. The summed E-state index contributed by atoms with van der Waals surface area (Å²) in [6.07, 6.45) is 4.52. The molecule has 0 bridgehead atoms. The van der Waals surface area contributed by atoms with Crippen LogP contribution in [0, 0.1) is 0 Å². The number of urea groups is 1. The Labute approximate surface area is 116 Å². The van der Waals surface area contributed by atoms with Crippen LogP contribution in [0.4, 0.5) is 4.79 Å². The number of imide groups is 1. The molecule has 108 valence electrons. The van der Waals surface area contributed by atoms with Crippen LogP contribution >= 0.6 is 0 Å². The molecule has 1 aliphatic rings. The summed E-state index contributed by atoms with van der Waals surface area (Å²) < 4.78 is 1.96. The van der Waals surface area contributed by atoms with Gasteiger partial charge >= 0.3 is 6.03 Å².